The van der Waals surface area contributed by atoms with Crippen LogP contribution < -0.4 is 0 Å². The van der Waals surface area contributed by atoms with Gasteiger partial charge in [-0.15, -0.1) is 0 Å². The third-order valence-corrected chi connectivity index (χ3v) is 2.88. The molecule has 0 heterocycles. The van der Waals surface area contributed by atoms with Crippen LogP contribution in [0.5, 0.6) is 0 Å². The van der Waals surface area contributed by atoms with Crippen molar-refractivity contribution < 1.29 is 32.2 Å². The maximum Gasteiger partial charge on any atom is 0.401 e. The zero-order chi connectivity index (χ0) is 14.2. The quantitative estimate of drug-likeness (QED) is 0.703. The largest absolute Gasteiger partial charge is 0.466 e. The monoisotopic (exact) mass is 288 g/mol. The summed E-state index contributed by atoms with van der Waals surface area (Å²) < 4.78 is 46.7. The van der Waals surface area contributed by atoms with Crippen molar-refractivity contribution in [3.8, 4) is 0 Å². The van der Waals surface area contributed by atoms with E-state index >= 15 is 0 Å². The molecule has 0 aliphatic carbocycles. The van der Waals surface area contributed by atoms with E-state index in [0.717, 1.165) is 0 Å². The van der Waals surface area contributed by atoms with Gasteiger partial charge in [-0.05, 0) is 32.0 Å². The molecule has 8 heteroatoms. The molecule has 0 aliphatic rings. The number of hydrogen-bond acceptors (Lipinski definition) is 5. The Morgan fingerprint density at radius 1 is 1.17 bits per heavy atom. The predicted molar refractivity (Wildman–Crippen MR) is 60.3 cm³/mol. The lowest BCUT2D eigenvalue weighted by Gasteiger charge is -2.18. The minimum Gasteiger partial charge on any atom is -0.466 e. The number of hydrogen-bond donors (Lipinski definition) is 0. The van der Waals surface area contributed by atoms with Crippen LogP contribution >= 0.6 is 11.8 Å². The average Bonchev–Trinajstić information content (AvgIpc) is 2.23. The summed E-state index contributed by atoms with van der Waals surface area (Å²) >= 11 is 0.0424. The summed E-state index contributed by atoms with van der Waals surface area (Å²) in [7, 11) is 0. The molecule has 0 aromatic carbocycles. The fraction of sp³-hybridized carbons (Fsp3) is 0.800. The van der Waals surface area contributed by atoms with Crippen LogP contribution in [0.3, 0.4) is 0 Å². The molecule has 0 saturated heterocycles. The number of alkyl halides is 3. The first kappa shape index (κ1) is 17.1. The molecule has 0 bridgehead atoms. The van der Waals surface area contributed by atoms with Crippen LogP contribution in [-0.2, 0) is 14.3 Å². The third kappa shape index (κ3) is 7.41. The molecule has 18 heavy (non-hydrogen) atoms. The first-order valence-corrected chi connectivity index (χ1v) is 6.24. The van der Waals surface area contributed by atoms with Crippen LogP contribution in [0.25, 0.3) is 0 Å². The molecule has 0 rings (SSSR count). The molecule has 1 unspecified atom stereocenters. The second-order valence-electron chi connectivity index (χ2n) is 3.17. The highest BCUT2D eigenvalue weighted by Gasteiger charge is 2.42. The first-order valence-electron chi connectivity index (χ1n) is 5.37. The van der Waals surface area contributed by atoms with Crippen LogP contribution in [0.15, 0.2) is 0 Å². The van der Waals surface area contributed by atoms with Gasteiger partial charge in [0.15, 0.2) is 0 Å². The van der Waals surface area contributed by atoms with E-state index in [2.05, 4.69) is 9.47 Å². The van der Waals surface area contributed by atoms with Crippen molar-refractivity contribution in [3.63, 3.8) is 0 Å². The topological polar surface area (TPSA) is 52.6 Å². The standard InChI is InChI=1S/C10H15F3O4S/c1-3-16-8(14)6-5-7(10(11,12)13)18-9(15)17-4-2/h7H,3-6H2,1-2H3. The number of esters is 1. The Balaban J connectivity index is 4.33. The van der Waals surface area contributed by atoms with Crippen molar-refractivity contribution in [2.24, 2.45) is 0 Å². The van der Waals surface area contributed by atoms with Gasteiger partial charge in [0.1, 0.15) is 5.25 Å². The highest BCUT2D eigenvalue weighted by Crippen LogP contribution is 2.34. The Bertz CT molecular complexity index is 281. The normalized spacial score (nSPS) is 12.9. The van der Waals surface area contributed by atoms with Gasteiger partial charge in [0, 0.05) is 6.42 Å². The van der Waals surface area contributed by atoms with Crippen molar-refractivity contribution in [1.29, 1.82) is 0 Å². The number of ether oxygens (including phenoxy) is 2. The lowest BCUT2D eigenvalue weighted by Crippen LogP contribution is -2.28. The molecule has 0 aromatic heterocycles. The van der Waals surface area contributed by atoms with Crippen LogP contribution in [-0.4, -0.2) is 35.9 Å². The third-order valence-electron chi connectivity index (χ3n) is 1.78. The van der Waals surface area contributed by atoms with E-state index in [9.17, 15) is 22.8 Å². The van der Waals surface area contributed by atoms with E-state index < -0.39 is 29.1 Å². The van der Waals surface area contributed by atoms with E-state index in [4.69, 9.17) is 0 Å². The fourth-order valence-electron chi connectivity index (χ4n) is 1.04. The number of rotatable bonds is 6. The first-order chi connectivity index (χ1) is 8.31. The number of carbonyl (C=O) groups excluding carboxylic acids is 2. The smallest absolute Gasteiger partial charge is 0.401 e. The van der Waals surface area contributed by atoms with Gasteiger partial charge in [-0.2, -0.15) is 13.2 Å². The second kappa shape index (κ2) is 8.23. The Hall–Kier alpha value is -0.920. The van der Waals surface area contributed by atoms with E-state index in [-0.39, 0.29) is 31.4 Å². The Morgan fingerprint density at radius 3 is 2.17 bits per heavy atom. The van der Waals surface area contributed by atoms with Crippen molar-refractivity contribution in [1.82, 2.24) is 0 Å². The van der Waals surface area contributed by atoms with Gasteiger partial charge in [0.25, 0.3) is 0 Å². The van der Waals surface area contributed by atoms with Crippen LogP contribution in [0, 0.1) is 0 Å². The van der Waals surface area contributed by atoms with Crippen molar-refractivity contribution in [3.05, 3.63) is 0 Å². The molecular weight excluding hydrogens is 273 g/mol. The summed E-state index contributed by atoms with van der Waals surface area (Å²) in [6, 6.07) is 0. The maximum absolute atomic E-state index is 12.6. The molecule has 0 saturated carbocycles. The number of halogens is 3. The van der Waals surface area contributed by atoms with E-state index in [1.165, 1.54) is 6.92 Å². The minimum atomic E-state index is -4.57. The molecule has 0 amide bonds. The van der Waals surface area contributed by atoms with Gasteiger partial charge in [-0.25, -0.2) is 4.79 Å². The minimum absolute atomic E-state index is 0.00822. The lowest BCUT2D eigenvalue weighted by molar-refractivity contribution is -0.145. The Labute approximate surface area is 107 Å². The summed E-state index contributed by atoms with van der Waals surface area (Å²) in [5.74, 6) is -0.712. The summed E-state index contributed by atoms with van der Waals surface area (Å²) in [6.45, 7) is 3.18. The molecule has 0 fully saturated rings. The SMILES string of the molecule is CCOC(=O)CCC(SC(=O)OCC)C(F)(F)F. The van der Waals surface area contributed by atoms with Gasteiger partial charge < -0.3 is 9.47 Å². The molecular formula is C10H15F3O4S. The summed E-state index contributed by atoms with van der Waals surface area (Å²) in [5, 5.41) is -2.95. The fourth-order valence-corrected chi connectivity index (χ4v) is 1.83. The van der Waals surface area contributed by atoms with Gasteiger partial charge in [0.2, 0.25) is 0 Å². The van der Waals surface area contributed by atoms with Gasteiger partial charge in [-0.3, -0.25) is 4.79 Å². The maximum atomic E-state index is 12.6. The van der Waals surface area contributed by atoms with Crippen LogP contribution in [0.4, 0.5) is 18.0 Å². The number of thioether (sulfide) groups is 1. The Morgan fingerprint density at radius 2 is 1.72 bits per heavy atom. The zero-order valence-electron chi connectivity index (χ0n) is 10.1. The van der Waals surface area contributed by atoms with E-state index in [1.54, 1.807) is 6.92 Å². The zero-order valence-corrected chi connectivity index (χ0v) is 10.9. The average molecular weight is 288 g/mol. The van der Waals surface area contributed by atoms with Gasteiger partial charge in [-0.1, -0.05) is 0 Å². The summed E-state index contributed by atoms with van der Waals surface area (Å²) in [4.78, 5) is 22.0. The van der Waals surface area contributed by atoms with Gasteiger partial charge in [0.05, 0.1) is 13.2 Å². The molecule has 0 aromatic rings. The molecule has 4 nitrogen and oxygen atoms in total. The van der Waals surface area contributed by atoms with Gasteiger partial charge >= 0.3 is 17.4 Å². The molecule has 0 aliphatic heterocycles. The van der Waals surface area contributed by atoms with Crippen molar-refractivity contribution in [2.75, 3.05) is 13.2 Å². The van der Waals surface area contributed by atoms with Crippen LogP contribution in [0.2, 0.25) is 0 Å². The summed E-state index contributed by atoms with van der Waals surface area (Å²) in [6.07, 6.45) is -5.46. The molecule has 106 valence electrons. The molecule has 0 spiro atoms. The van der Waals surface area contributed by atoms with E-state index in [1.807, 2.05) is 0 Å². The highest BCUT2D eigenvalue weighted by molar-refractivity contribution is 8.13. The molecule has 0 N–H and O–H groups in total. The predicted octanol–water partition coefficient (Wildman–Crippen LogP) is 3.15. The van der Waals surface area contributed by atoms with Crippen molar-refractivity contribution in [2.45, 2.75) is 38.1 Å². The number of carbonyl (C=O) groups is 2. The summed E-state index contributed by atoms with van der Waals surface area (Å²) in [5.41, 5.74) is 0. The molecule has 0 radical (unpaired) electrons. The Kier molecular flexibility index (Phi) is 7.81. The van der Waals surface area contributed by atoms with Crippen LogP contribution in [0.1, 0.15) is 26.7 Å². The highest BCUT2D eigenvalue weighted by atomic mass is 32.2. The van der Waals surface area contributed by atoms with Crippen molar-refractivity contribution >= 4 is 23.0 Å². The lowest BCUT2D eigenvalue weighted by atomic mass is 10.2. The second-order valence-corrected chi connectivity index (χ2v) is 4.31. The van der Waals surface area contributed by atoms with E-state index in [0.29, 0.717) is 0 Å². The molecule has 1 atom stereocenters.